The SMILES string of the molecule is Nc1[nH]ncc1C(=O)N1CC=CCC1. The van der Waals surface area contributed by atoms with Crippen molar-refractivity contribution in [2.75, 3.05) is 18.8 Å². The lowest BCUT2D eigenvalue weighted by molar-refractivity contribution is 0.0772. The Morgan fingerprint density at radius 1 is 1.57 bits per heavy atom. The number of nitrogen functional groups attached to an aromatic ring is 1. The van der Waals surface area contributed by atoms with E-state index in [0.717, 1.165) is 13.0 Å². The van der Waals surface area contributed by atoms with E-state index in [-0.39, 0.29) is 5.91 Å². The summed E-state index contributed by atoms with van der Waals surface area (Å²) in [5, 5.41) is 6.27. The lowest BCUT2D eigenvalue weighted by atomic mass is 10.2. The molecule has 3 N–H and O–H groups in total. The zero-order chi connectivity index (χ0) is 9.97. The minimum absolute atomic E-state index is 0.0550. The molecule has 5 nitrogen and oxygen atoms in total. The second-order valence-corrected chi connectivity index (χ2v) is 3.21. The predicted molar refractivity (Wildman–Crippen MR) is 52.7 cm³/mol. The Labute approximate surface area is 81.6 Å². The minimum Gasteiger partial charge on any atom is -0.383 e. The van der Waals surface area contributed by atoms with Gasteiger partial charge in [0.05, 0.1) is 6.20 Å². The normalized spacial score (nSPS) is 15.9. The molecular weight excluding hydrogens is 180 g/mol. The van der Waals surface area contributed by atoms with Crippen molar-refractivity contribution in [2.24, 2.45) is 0 Å². The van der Waals surface area contributed by atoms with E-state index >= 15 is 0 Å². The van der Waals surface area contributed by atoms with Gasteiger partial charge in [-0.05, 0) is 6.42 Å². The van der Waals surface area contributed by atoms with Gasteiger partial charge in [-0.3, -0.25) is 9.89 Å². The summed E-state index contributed by atoms with van der Waals surface area (Å²) in [6, 6.07) is 0. The van der Waals surface area contributed by atoms with Gasteiger partial charge in [-0.1, -0.05) is 12.2 Å². The molecule has 0 radical (unpaired) electrons. The fourth-order valence-electron chi connectivity index (χ4n) is 1.46. The number of H-pyrrole nitrogens is 1. The van der Waals surface area contributed by atoms with Crippen LogP contribution in [0.5, 0.6) is 0 Å². The Morgan fingerprint density at radius 3 is 3.00 bits per heavy atom. The van der Waals surface area contributed by atoms with Gasteiger partial charge in [-0.25, -0.2) is 0 Å². The second-order valence-electron chi connectivity index (χ2n) is 3.21. The first-order valence-corrected chi connectivity index (χ1v) is 4.52. The highest BCUT2D eigenvalue weighted by atomic mass is 16.2. The van der Waals surface area contributed by atoms with E-state index < -0.39 is 0 Å². The zero-order valence-electron chi connectivity index (χ0n) is 7.73. The summed E-state index contributed by atoms with van der Waals surface area (Å²) in [5.41, 5.74) is 6.02. The molecule has 0 fully saturated rings. The summed E-state index contributed by atoms with van der Waals surface area (Å²) in [4.78, 5) is 13.6. The van der Waals surface area contributed by atoms with Crippen LogP contribution >= 0.6 is 0 Å². The average molecular weight is 192 g/mol. The highest BCUT2D eigenvalue weighted by Crippen LogP contribution is 2.12. The summed E-state index contributed by atoms with van der Waals surface area (Å²) in [6.45, 7) is 1.41. The lowest BCUT2D eigenvalue weighted by Crippen LogP contribution is -2.33. The van der Waals surface area contributed by atoms with Gasteiger partial charge in [0.2, 0.25) is 0 Å². The van der Waals surface area contributed by atoms with Crippen LogP contribution in [0.15, 0.2) is 18.3 Å². The molecule has 0 bridgehead atoms. The van der Waals surface area contributed by atoms with E-state index in [0.29, 0.717) is 17.9 Å². The van der Waals surface area contributed by atoms with Gasteiger partial charge in [-0.15, -0.1) is 0 Å². The maximum absolute atomic E-state index is 11.8. The third kappa shape index (κ3) is 1.48. The predicted octanol–water partition coefficient (Wildman–Crippen LogP) is 0.394. The number of rotatable bonds is 1. The van der Waals surface area contributed by atoms with Crippen LogP contribution < -0.4 is 5.73 Å². The van der Waals surface area contributed by atoms with Crippen molar-refractivity contribution in [3.63, 3.8) is 0 Å². The number of hydrogen-bond acceptors (Lipinski definition) is 3. The van der Waals surface area contributed by atoms with Crippen LogP contribution in [0.4, 0.5) is 5.82 Å². The average Bonchev–Trinajstić information content (AvgIpc) is 2.65. The van der Waals surface area contributed by atoms with Crippen molar-refractivity contribution in [1.82, 2.24) is 15.1 Å². The summed E-state index contributed by atoms with van der Waals surface area (Å²) in [5.74, 6) is 0.283. The fraction of sp³-hybridized carbons (Fsp3) is 0.333. The number of amides is 1. The van der Waals surface area contributed by atoms with Gasteiger partial charge in [-0.2, -0.15) is 5.10 Å². The molecule has 1 aromatic rings. The van der Waals surface area contributed by atoms with Crippen molar-refractivity contribution in [2.45, 2.75) is 6.42 Å². The molecule has 2 rings (SSSR count). The monoisotopic (exact) mass is 192 g/mol. The highest BCUT2D eigenvalue weighted by Gasteiger charge is 2.19. The Bertz CT molecular complexity index is 369. The van der Waals surface area contributed by atoms with E-state index in [1.165, 1.54) is 6.20 Å². The summed E-state index contributed by atoms with van der Waals surface area (Å²) < 4.78 is 0. The van der Waals surface area contributed by atoms with Crippen LogP contribution in [0.2, 0.25) is 0 Å². The van der Waals surface area contributed by atoms with Crippen molar-refractivity contribution >= 4 is 11.7 Å². The van der Waals surface area contributed by atoms with Gasteiger partial charge >= 0.3 is 0 Å². The van der Waals surface area contributed by atoms with Gasteiger partial charge < -0.3 is 10.6 Å². The number of nitrogens with one attached hydrogen (secondary N) is 1. The number of carbonyl (C=O) groups is 1. The van der Waals surface area contributed by atoms with Crippen LogP contribution in [0.3, 0.4) is 0 Å². The van der Waals surface area contributed by atoms with E-state index in [4.69, 9.17) is 5.73 Å². The van der Waals surface area contributed by atoms with Crippen LogP contribution in [-0.2, 0) is 0 Å². The largest absolute Gasteiger partial charge is 0.383 e. The van der Waals surface area contributed by atoms with Crippen molar-refractivity contribution in [3.8, 4) is 0 Å². The fourth-order valence-corrected chi connectivity index (χ4v) is 1.46. The van der Waals surface area contributed by atoms with Crippen molar-refractivity contribution < 1.29 is 4.79 Å². The van der Waals surface area contributed by atoms with Gasteiger partial charge in [0.1, 0.15) is 11.4 Å². The molecule has 0 aromatic carbocycles. The topological polar surface area (TPSA) is 75.0 Å². The standard InChI is InChI=1S/C9H12N4O/c10-8-7(6-11-12-8)9(14)13-4-2-1-3-5-13/h1-2,6H,3-5H2,(H3,10,11,12). The third-order valence-corrected chi connectivity index (χ3v) is 2.24. The van der Waals surface area contributed by atoms with E-state index in [2.05, 4.69) is 16.3 Å². The zero-order valence-corrected chi connectivity index (χ0v) is 7.73. The summed E-state index contributed by atoms with van der Waals surface area (Å²) in [6.07, 6.45) is 6.43. The maximum atomic E-state index is 11.8. The molecule has 74 valence electrons. The lowest BCUT2D eigenvalue weighted by Gasteiger charge is -2.22. The second kappa shape index (κ2) is 3.53. The number of aromatic amines is 1. The minimum atomic E-state index is -0.0550. The molecular formula is C9H12N4O. The molecule has 0 saturated heterocycles. The third-order valence-electron chi connectivity index (χ3n) is 2.24. The van der Waals surface area contributed by atoms with Crippen molar-refractivity contribution in [3.05, 3.63) is 23.9 Å². The first-order chi connectivity index (χ1) is 6.79. The van der Waals surface area contributed by atoms with Crippen LogP contribution in [0.25, 0.3) is 0 Å². The van der Waals surface area contributed by atoms with E-state index in [9.17, 15) is 4.79 Å². The van der Waals surface area contributed by atoms with Gasteiger partial charge in [0.25, 0.3) is 5.91 Å². The number of anilines is 1. The molecule has 2 heterocycles. The molecule has 1 amide bonds. The van der Waals surface area contributed by atoms with Gasteiger partial charge in [0, 0.05) is 13.1 Å². The quantitative estimate of drug-likeness (QED) is 0.632. The van der Waals surface area contributed by atoms with Gasteiger partial charge in [0.15, 0.2) is 0 Å². The molecule has 0 saturated carbocycles. The number of nitrogens with zero attached hydrogens (tertiary/aromatic N) is 2. The molecule has 0 atom stereocenters. The Morgan fingerprint density at radius 2 is 2.43 bits per heavy atom. The van der Waals surface area contributed by atoms with Crippen LogP contribution in [0, 0.1) is 0 Å². The molecule has 1 aliphatic rings. The Hall–Kier alpha value is -1.78. The number of nitrogens with two attached hydrogens (primary N) is 1. The highest BCUT2D eigenvalue weighted by molar-refractivity contribution is 5.98. The van der Waals surface area contributed by atoms with Crippen LogP contribution in [-0.4, -0.2) is 34.1 Å². The molecule has 5 heteroatoms. The Kier molecular flexibility index (Phi) is 2.22. The van der Waals surface area contributed by atoms with E-state index in [1.807, 2.05) is 6.08 Å². The number of hydrogen-bond donors (Lipinski definition) is 2. The molecule has 0 spiro atoms. The summed E-state index contributed by atoms with van der Waals surface area (Å²) in [7, 11) is 0. The number of carbonyl (C=O) groups excluding carboxylic acids is 1. The van der Waals surface area contributed by atoms with Crippen LogP contribution in [0.1, 0.15) is 16.8 Å². The first-order valence-electron chi connectivity index (χ1n) is 4.52. The maximum Gasteiger partial charge on any atom is 0.259 e. The Balaban J connectivity index is 2.16. The summed E-state index contributed by atoms with van der Waals surface area (Å²) >= 11 is 0. The molecule has 1 aromatic heterocycles. The molecule has 0 unspecified atom stereocenters. The van der Waals surface area contributed by atoms with Crippen molar-refractivity contribution in [1.29, 1.82) is 0 Å². The molecule has 0 aliphatic carbocycles. The molecule has 1 aliphatic heterocycles. The first kappa shape index (κ1) is 8.80. The van der Waals surface area contributed by atoms with E-state index in [1.54, 1.807) is 4.90 Å². The molecule has 14 heavy (non-hydrogen) atoms. The number of aromatic nitrogens is 2. The smallest absolute Gasteiger partial charge is 0.259 e.